The third-order valence-corrected chi connectivity index (χ3v) is 4.85. The average Bonchev–Trinajstić information content (AvgIpc) is 3.19. The van der Waals surface area contributed by atoms with E-state index in [2.05, 4.69) is 45.0 Å². The van der Waals surface area contributed by atoms with Gasteiger partial charge in [-0.05, 0) is 42.7 Å². The lowest BCUT2D eigenvalue weighted by atomic mass is 10.1. The second-order valence-corrected chi connectivity index (χ2v) is 6.72. The van der Waals surface area contributed by atoms with Crippen LogP contribution in [0.4, 0.5) is 0 Å². The maximum atomic E-state index is 5.66. The van der Waals surface area contributed by atoms with Crippen molar-refractivity contribution in [1.29, 1.82) is 0 Å². The minimum Gasteiger partial charge on any atom is -0.493 e. The third kappa shape index (κ3) is 4.97. The number of hydrogen-bond acceptors (Lipinski definition) is 4. The number of nitrogens with one attached hydrogen (secondary N) is 3. The largest absolute Gasteiger partial charge is 0.493 e. The number of para-hydroxylation sites is 1. The van der Waals surface area contributed by atoms with E-state index in [1.165, 1.54) is 10.9 Å². The Morgan fingerprint density at radius 2 is 1.80 bits per heavy atom. The number of fused-ring (bicyclic) bond motifs is 1. The normalized spacial score (nSPS) is 11.4. The van der Waals surface area contributed by atoms with E-state index in [1.54, 1.807) is 21.3 Å². The van der Waals surface area contributed by atoms with Crippen molar-refractivity contribution in [2.45, 2.75) is 19.9 Å². The number of H-pyrrole nitrogens is 1. The Kier molecular flexibility index (Phi) is 7.43. The molecule has 0 aliphatic rings. The van der Waals surface area contributed by atoms with Gasteiger partial charge in [-0.2, -0.15) is 0 Å². The summed E-state index contributed by atoms with van der Waals surface area (Å²) < 4.78 is 16.6. The Morgan fingerprint density at radius 3 is 2.47 bits per heavy atom. The van der Waals surface area contributed by atoms with Gasteiger partial charge in [0.25, 0.3) is 0 Å². The molecule has 0 fully saturated rings. The van der Waals surface area contributed by atoms with Gasteiger partial charge in [0.05, 0.1) is 20.8 Å². The van der Waals surface area contributed by atoms with Crippen molar-refractivity contribution in [3.63, 3.8) is 0 Å². The maximum absolute atomic E-state index is 5.66. The molecule has 0 aliphatic heterocycles. The minimum absolute atomic E-state index is 0.539. The van der Waals surface area contributed by atoms with Crippen LogP contribution in [0.1, 0.15) is 18.1 Å². The molecule has 1 aromatic heterocycles. The molecule has 0 saturated carbocycles. The smallest absolute Gasteiger partial charge is 0.203 e. The number of aliphatic imine (C=N–C) groups is 1. The summed E-state index contributed by atoms with van der Waals surface area (Å²) in [6.45, 7) is 3.82. The number of aromatic amines is 1. The van der Waals surface area contributed by atoms with Crippen LogP contribution in [0.3, 0.4) is 0 Å². The average molecular weight is 411 g/mol. The van der Waals surface area contributed by atoms with Crippen LogP contribution in [0.15, 0.2) is 47.6 Å². The molecule has 0 atom stereocenters. The van der Waals surface area contributed by atoms with Crippen LogP contribution >= 0.6 is 0 Å². The number of aromatic nitrogens is 1. The van der Waals surface area contributed by atoms with E-state index in [0.29, 0.717) is 30.4 Å². The summed E-state index contributed by atoms with van der Waals surface area (Å²) in [5.41, 5.74) is 3.45. The van der Waals surface area contributed by atoms with Gasteiger partial charge >= 0.3 is 0 Å². The molecule has 2 aromatic carbocycles. The van der Waals surface area contributed by atoms with E-state index >= 15 is 0 Å². The summed E-state index contributed by atoms with van der Waals surface area (Å²) in [5.74, 6) is 2.65. The molecule has 0 unspecified atom stereocenters. The SMILES string of the molecule is CCOc1c(OC)cc(CNC(=NC)NCCc2c[nH]c3ccccc23)cc1OC. The molecule has 7 nitrogen and oxygen atoms in total. The van der Waals surface area contributed by atoms with Gasteiger partial charge in [-0.25, -0.2) is 0 Å². The second kappa shape index (κ2) is 10.4. The summed E-state index contributed by atoms with van der Waals surface area (Å²) >= 11 is 0. The monoisotopic (exact) mass is 410 g/mol. The second-order valence-electron chi connectivity index (χ2n) is 6.72. The van der Waals surface area contributed by atoms with Crippen molar-refractivity contribution in [2.24, 2.45) is 4.99 Å². The van der Waals surface area contributed by atoms with E-state index < -0.39 is 0 Å². The Bertz CT molecular complexity index is 972. The van der Waals surface area contributed by atoms with E-state index in [4.69, 9.17) is 14.2 Å². The number of hydrogen-bond donors (Lipinski definition) is 3. The van der Waals surface area contributed by atoms with Crippen molar-refractivity contribution >= 4 is 16.9 Å². The van der Waals surface area contributed by atoms with E-state index in [0.717, 1.165) is 30.0 Å². The maximum Gasteiger partial charge on any atom is 0.203 e. The Balaban J connectivity index is 1.58. The summed E-state index contributed by atoms with van der Waals surface area (Å²) in [4.78, 5) is 7.63. The number of rotatable bonds is 9. The quantitative estimate of drug-likeness (QED) is 0.372. The first-order valence-corrected chi connectivity index (χ1v) is 10.1. The van der Waals surface area contributed by atoms with Gasteiger partial charge in [0.2, 0.25) is 5.75 Å². The lowest BCUT2D eigenvalue weighted by Gasteiger charge is -2.16. The zero-order valence-electron chi connectivity index (χ0n) is 18.0. The predicted octanol–water partition coefficient (Wildman–Crippen LogP) is 3.49. The van der Waals surface area contributed by atoms with Crippen LogP contribution in [0.5, 0.6) is 17.2 Å². The van der Waals surface area contributed by atoms with Gasteiger partial charge in [-0.3, -0.25) is 4.99 Å². The van der Waals surface area contributed by atoms with Crippen LogP contribution in [0, 0.1) is 0 Å². The number of benzene rings is 2. The van der Waals surface area contributed by atoms with Crippen LogP contribution in [0.2, 0.25) is 0 Å². The molecule has 0 spiro atoms. The van der Waals surface area contributed by atoms with Gasteiger partial charge in [0.15, 0.2) is 17.5 Å². The zero-order valence-corrected chi connectivity index (χ0v) is 18.0. The van der Waals surface area contributed by atoms with Crippen molar-refractivity contribution in [3.05, 3.63) is 53.7 Å². The summed E-state index contributed by atoms with van der Waals surface area (Å²) in [7, 11) is 5.01. The number of nitrogens with zero attached hydrogens (tertiary/aromatic N) is 1. The van der Waals surface area contributed by atoms with E-state index in [-0.39, 0.29) is 0 Å². The highest BCUT2D eigenvalue weighted by atomic mass is 16.5. The fraction of sp³-hybridized carbons (Fsp3) is 0.348. The summed E-state index contributed by atoms with van der Waals surface area (Å²) in [5, 5.41) is 7.97. The Morgan fingerprint density at radius 1 is 1.07 bits per heavy atom. The van der Waals surface area contributed by atoms with Gasteiger partial charge < -0.3 is 29.8 Å². The summed E-state index contributed by atoms with van der Waals surface area (Å²) in [6.07, 6.45) is 2.97. The molecule has 0 amide bonds. The predicted molar refractivity (Wildman–Crippen MR) is 121 cm³/mol. The highest BCUT2D eigenvalue weighted by molar-refractivity contribution is 5.83. The number of guanidine groups is 1. The van der Waals surface area contributed by atoms with Crippen LogP contribution in [0.25, 0.3) is 10.9 Å². The molecule has 3 aromatic rings. The molecule has 30 heavy (non-hydrogen) atoms. The van der Waals surface area contributed by atoms with Gasteiger partial charge in [0, 0.05) is 37.2 Å². The molecule has 160 valence electrons. The number of methoxy groups -OCH3 is 2. The molecular formula is C23H30N4O3. The van der Waals surface area contributed by atoms with Gasteiger partial charge in [-0.1, -0.05) is 18.2 Å². The van der Waals surface area contributed by atoms with Crippen molar-refractivity contribution < 1.29 is 14.2 Å². The molecule has 7 heteroatoms. The Hall–Kier alpha value is -3.35. The molecule has 3 N–H and O–H groups in total. The van der Waals surface area contributed by atoms with Crippen molar-refractivity contribution in [2.75, 3.05) is 34.4 Å². The molecule has 0 aliphatic carbocycles. The fourth-order valence-corrected chi connectivity index (χ4v) is 3.38. The highest BCUT2D eigenvalue weighted by Crippen LogP contribution is 2.38. The topological polar surface area (TPSA) is 79.9 Å². The van der Waals surface area contributed by atoms with Crippen molar-refractivity contribution in [1.82, 2.24) is 15.6 Å². The first-order valence-electron chi connectivity index (χ1n) is 10.1. The number of ether oxygens (including phenoxy) is 3. The molecular weight excluding hydrogens is 380 g/mol. The first-order chi connectivity index (χ1) is 14.7. The fourth-order valence-electron chi connectivity index (χ4n) is 3.38. The van der Waals surface area contributed by atoms with Crippen LogP contribution < -0.4 is 24.8 Å². The summed E-state index contributed by atoms with van der Waals surface area (Å²) in [6, 6.07) is 12.2. The first kappa shape index (κ1) is 21.4. The Labute approximate surface area is 177 Å². The highest BCUT2D eigenvalue weighted by Gasteiger charge is 2.14. The molecule has 0 radical (unpaired) electrons. The minimum atomic E-state index is 0.539. The third-order valence-electron chi connectivity index (χ3n) is 4.85. The molecule has 1 heterocycles. The van der Waals surface area contributed by atoms with Crippen LogP contribution in [-0.2, 0) is 13.0 Å². The van der Waals surface area contributed by atoms with E-state index in [1.807, 2.05) is 25.1 Å². The lowest BCUT2D eigenvalue weighted by Crippen LogP contribution is -2.37. The zero-order chi connectivity index (χ0) is 21.3. The molecule has 0 saturated heterocycles. The van der Waals surface area contributed by atoms with Gasteiger partial charge in [-0.15, -0.1) is 0 Å². The van der Waals surface area contributed by atoms with Gasteiger partial charge in [0.1, 0.15) is 0 Å². The standard InChI is InChI=1S/C23H30N4O3/c1-5-30-22-20(28-3)12-16(13-21(22)29-4)14-27-23(24-2)25-11-10-17-15-26-19-9-7-6-8-18(17)19/h6-9,12-13,15,26H,5,10-11,14H2,1-4H3,(H2,24,25,27). The van der Waals surface area contributed by atoms with Crippen molar-refractivity contribution in [3.8, 4) is 17.2 Å². The molecule has 0 bridgehead atoms. The van der Waals surface area contributed by atoms with Crippen LogP contribution in [-0.4, -0.2) is 45.4 Å². The lowest BCUT2D eigenvalue weighted by molar-refractivity contribution is 0.288. The molecule has 3 rings (SSSR count). The van der Waals surface area contributed by atoms with E-state index in [9.17, 15) is 0 Å².